The zero-order valence-electron chi connectivity index (χ0n) is 14.3. The number of benzene rings is 2. The monoisotopic (exact) mass is 374 g/mol. The van der Waals surface area contributed by atoms with E-state index in [4.69, 9.17) is 0 Å². The van der Waals surface area contributed by atoms with Crippen LogP contribution < -0.4 is 9.62 Å². The van der Waals surface area contributed by atoms with E-state index in [1.807, 2.05) is 6.07 Å². The van der Waals surface area contributed by atoms with Crippen LogP contribution in [-0.2, 0) is 21.2 Å². The summed E-state index contributed by atoms with van der Waals surface area (Å²) in [6, 6.07) is 8.82. The molecule has 1 saturated carbocycles. The molecule has 1 aliphatic carbocycles. The average molecular weight is 374 g/mol. The van der Waals surface area contributed by atoms with Crippen molar-refractivity contribution in [3.8, 4) is 0 Å². The van der Waals surface area contributed by atoms with Crippen LogP contribution in [0.15, 0.2) is 41.3 Å². The summed E-state index contributed by atoms with van der Waals surface area (Å²) in [6.07, 6.45) is 2.64. The second-order valence-corrected chi connectivity index (χ2v) is 8.52. The molecule has 26 heavy (non-hydrogen) atoms. The summed E-state index contributed by atoms with van der Waals surface area (Å²) in [5.41, 5.74) is 2.55. The van der Waals surface area contributed by atoms with Crippen molar-refractivity contribution in [1.82, 2.24) is 0 Å². The number of rotatable bonds is 4. The summed E-state index contributed by atoms with van der Waals surface area (Å²) in [7, 11) is -3.84. The number of hydrogen-bond acceptors (Lipinski definition) is 3. The van der Waals surface area contributed by atoms with Crippen LogP contribution in [0.3, 0.4) is 0 Å². The molecule has 4 rings (SSSR count). The van der Waals surface area contributed by atoms with Gasteiger partial charge in [0.2, 0.25) is 5.91 Å². The highest BCUT2D eigenvalue weighted by Crippen LogP contribution is 2.37. The number of carbonyl (C=O) groups is 1. The van der Waals surface area contributed by atoms with Gasteiger partial charge in [-0.05, 0) is 67.6 Å². The summed E-state index contributed by atoms with van der Waals surface area (Å²) in [5, 5.41) is 0. The van der Waals surface area contributed by atoms with E-state index in [0.29, 0.717) is 17.8 Å². The molecule has 5 nitrogen and oxygen atoms in total. The van der Waals surface area contributed by atoms with Crippen LogP contribution in [0.2, 0.25) is 0 Å². The van der Waals surface area contributed by atoms with Crippen molar-refractivity contribution in [3.05, 3.63) is 53.3 Å². The van der Waals surface area contributed by atoms with Gasteiger partial charge in [0.15, 0.2) is 0 Å². The van der Waals surface area contributed by atoms with Crippen LogP contribution in [0, 0.1) is 18.7 Å². The molecular formula is C19H19FN2O3S. The van der Waals surface area contributed by atoms with Gasteiger partial charge in [-0.2, -0.15) is 0 Å². The number of halogens is 1. The predicted molar refractivity (Wildman–Crippen MR) is 97.2 cm³/mol. The standard InChI is InChI=1S/C19H19FN2O3S/c1-12-10-15(20)5-7-18(12)26(24,25)21-16-6-4-13-8-9-22(17(13)11-16)19(23)14-2-3-14/h4-7,10-11,14,21H,2-3,8-9H2,1H3. The van der Waals surface area contributed by atoms with Crippen LogP contribution in [-0.4, -0.2) is 20.9 Å². The van der Waals surface area contributed by atoms with Crippen molar-refractivity contribution in [2.75, 3.05) is 16.2 Å². The number of amides is 1. The molecule has 0 unspecified atom stereocenters. The van der Waals surface area contributed by atoms with Crippen molar-refractivity contribution in [2.45, 2.75) is 31.1 Å². The molecule has 0 aromatic heterocycles. The van der Waals surface area contributed by atoms with Crippen molar-refractivity contribution in [1.29, 1.82) is 0 Å². The van der Waals surface area contributed by atoms with Crippen LogP contribution >= 0.6 is 0 Å². The molecule has 136 valence electrons. The molecule has 0 saturated heterocycles. The Balaban J connectivity index is 1.63. The first-order valence-electron chi connectivity index (χ1n) is 8.58. The molecule has 1 aliphatic heterocycles. The van der Waals surface area contributed by atoms with Crippen LogP contribution in [0.4, 0.5) is 15.8 Å². The third-order valence-electron chi connectivity index (χ3n) is 4.85. The van der Waals surface area contributed by atoms with E-state index in [-0.39, 0.29) is 16.7 Å². The highest BCUT2D eigenvalue weighted by Gasteiger charge is 2.36. The van der Waals surface area contributed by atoms with Crippen LogP contribution in [0.1, 0.15) is 24.0 Å². The van der Waals surface area contributed by atoms with Crippen molar-refractivity contribution < 1.29 is 17.6 Å². The maximum absolute atomic E-state index is 13.2. The Morgan fingerprint density at radius 3 is 2.65 bits per heavy atom. The highest BCUT2D eigenvalue weighted by atomic mass is 32.2. The highest BCUT2D eigenvalue weighted by molar-refractivity contribution is 7.92. The minimum absolute atomic E-state index is 0.0327. The Morgan fingerprint density at radius 2 is 1.96 bits per heavy atom. The lowest BCUT2D eigenvalue weighted by molar-refractivity contribution is -0.119. The zero-order valence-corrected chi connectivity index (χ0v) is 15.1. The maximum atomic E-state index is 13.2. The number of carbonyl (C=O) groups excluding carboxylic acids is 1. The molecule has 0 radical (unpaired) electrons. The van der Waals surface area contributed by atoms with Gasteiger partial charge in [0.1, 0.15) is 5.82 Å². The SMILES string of the molecule is Cc1cc(F)ccc1S(=O)(=O)Nc1ccc2c(c1)N(C(=O)C1CC1)CC2. The van der Waals surface area contributed by atoms with Gasteiger partial charge in [-0.1, -0.05) is 6.07 Å². The number of sulfonamides is 1. The van der Waals surface area contributed by atoms with Crippen molar-refractivity contribution in [3.63, 3.8) is 0 Å². The fourth-order valence-corrected chi connectivity index (χ4v) is 4.62. The summed E-state index contributed by atoms with van der Waals surface area (Å²) in [4.78, 5) is 14.2. The average Bonchev–Trinajstić information content (AvgIpc) is 3.33. The topological polar surface area (TPSA) is 66.5 Å². The van der Waals surface area contributed by atoms with Crippen molar-refractivity contribution >= 4 is 27.3 Å². The minimum Gasteiger partial charge on any atom is -0.312 e. The van der Waals surface area contributed by atoms with Gasteiger partial charge in [-0.3, -0.25) is 9.52 Å². The fraction of sp³-hybridized carbons (Fsp3) is 0.316. The predicted octanol–water partition coefficient (Wildman–Crippen LogP) is 3.23. The summed E-state index contributed by atoms with van der Waals surface area (Å²) in [5.74, 6) is -0.241. The summed E-state index contributed by atoms with van der Waals surface area (Å²) >= 11 is 0. The number of nitrogens with one attached hydrogen (secondary N) is 1. The summed E-state index contributed by atoms with van der Waals surface area (Å²) in [6.45, 7) is 2.19. The number of hydrogen-bond donors (Lipinski definition) is 1. The van der Waals surface area contributed by atoms with E-state index in [9.17, 15) is 17.6 Å². The Kier molecular flexibility index (Phi) is 3.99. The molecule has 0 atom stereocenters. The fourth-order valence-electron chi connectivity index (χ4n) is 3.35. The lowest BCUT2D eigenvalue weighted by Crippen LogP contribution is -2.30. The number of fused-ring (bicyclic) bond motifs is 1. The molecule has 1 N–H and O–H groups in total. The molecule has 1 heterocycles. The Morgan fingerprint density at radius 1 is 1.19 bits per heavy atom. The van der Waals surface area contributed by atoms with Crippen LogP contribution in [0.5, 0.6) is 0 Å². The van der Waals surface area contributed by atoms with E-state index < -0.39 is 15.8 Å². The number of aryl methyl sites for hydroxylation is 1. The van der Waals surface area contributed by atoms with Gasteiger partial charge in [0.25, 0.3) is 10.0 Å². The lowest BCUT2D eigenvalue weighted by atomic mass is 10.1. The van der Waals surface area contributed by atoms with Gasteiger partial charge >= 0.3 is 0 Å². The molecule has 2 aliphatic rings. The Hall–Kier alpha value is -2.41. The van der Waals surface area contributed by atoms with Crippen molar-refractivity contribution in [2.24, 2.45) is 5.92 Å². The maximum Gasteiger partial charge on any atom is 0.262 e. The molecular weight excluding hydrogens is 355 g/mol. The number of anilines is 2. The first-order chi connectivity index (χ1) is 12.3. The Labute approximate surface area is 151 Å². The van der Waals surface area contributed by atoms with E-state index in [2.05, 4.69) is 4.72 Å². The van der Waals surface area contributed by atoms with Crippen LogP contribution in [0.25, 0.3) is 0 Å². The molecule has 2 aromatic carbocycles. The van der Waals surface area contributed by atoms with Gasteiger partial charge in [-0.15, -0.1) is 0 Å². The second kappa shape index (κ2) is 6.09. The van der Waals surface area contributed by atoms with Gasteiger partial charge < -0.3 is 4.90 Å². The Bertz CT molecular complexity index is 1000. The smallest absolute Gasteiger partial charge is 0.262 e. The quantitative estimate of drug-likeness (QED) is 0.893. The minimum atomic E-state index is -3.84. The molecule has 0 spiro atoms. The van der Waals surface area contributed by atoms with E-state index in [0.717, 1.165) is 36.6 Å². The largest absolute Gasteiger partial charge is 0.312 e. The van der Waals surface area contributed by atoms with Gasteiger partial charge in [0.05, 0.1) is 10.6 Å². The third kappa shape index (κ3) is 3.07. The lowest BCUT2D eigenvalue weighted by Gasteiger charge is -2.18. The zero-order chi connectivity index (χ0) is 18.5. The second-order valence-electron chi connectivity index (χ2n) is 6.87. The van der Waals surface area contributed by atoms with E-state index >= 15 is 0 Å². The molecule has 1 fully saturated rings. The third-order valence-corrected chi connectivity index (χ3v) is 6.39. The van der Waals surface area contributed by atoms with E-state index in [1.54, 1.807) is 24.0 Å². The normalized spacial score (nSPS) is 16.5. The first-order valence-corrected chi connectivity index (χ1v) is 10.1. The molecule has 2 aromatic rings. The number of nitrogens with zero attached hydrogens (tertiary/aromatic N) is 1. The molecule has 0 bridgehead atoms. The van der Waals surface area contributed by atoms with Gasteiger partial charge in [0, 0.05) is 18.2 Å². The van der Waals surface area contributed by atoms with E-state index in [1.165, 1.54) is 12.1 Å². The summed E-state index contributed by atoms with van der Waals surface area (Å²) < 4.78 is 41.1. The first kappa shape index (κ1) is 17.0. The molecule has 7 heteroatoms. The van der Waals surface area contributed by atoms with Gasteiger partial charge in [-0.25, -0.2) is 12.8 Å². The molecule has 1 amide bonds.